The molecule has 1 aromatic rings. The second-order valence-electron chi connectivity index (χ2n) is 4.26. The van der Waals surface area contributed by atoms with Crippen molar-refractivity contribution in [2.45, 2.75) is 58.9 Å². The summed E-state index contributed by atoms with van der Waals surface area (Å²) < 4.78 is 2.07. The van der Waals surface area contributed by atoms with E-state index in [9.17, 15) is 4.79 Å². The lowest BCUT2D eigenvalue weighted by molar-refractivity contribution is -0.137. The van der Waals surface area contributed by atoms with Crippen molar-refractivity contribution in [1.29, 1.82) is 0 Å². The van der Waals surface area contributed by atoms with Gasteiger partial charge in [-0.15, -0.1) is 0 Å². The topological polar surface area (TPSA) is 55.1 Å². The third kappa shape index (κ3) is 4.59. The fourth-order valence-electron chi connectivity index (χ4n) is 1.88. The Hall–Kier alpha value is -1.32. The van der Waals surface area contributed by atoms with Gasteiger partial charge in [0.05, 0.1) is 5.69 Å². The standard InChI is InChI=1S/C13H22N2O2/c1-3-11-10-12(4-2)15(14-11)9-7-5-6-8-13(16)17/h10H,3-9H2,1-2H3,(H,16,17). The van der Waals surface area contributed by atoms with Crippen molar-refractivity contribution >= 4 is 5.97 Å². The third-order valence-electron chi connectivity index (χ3n) is 2.90. The highest BCUT2D eigenvalue weighted by atomic mass is 16.4. The molecule has 0 aliphatic carbocycles. The molecule has 1 rings (SSSR count). The Kier molecular flexibility index (Phi) is 5.73. The highest BCUT2D eigenvalue weighted by molar-refractivity contribution is 5.66. The number of hydrogen-bond acceptors (Lipinski definition) is 2. The summed E-state index contributed by atoms with van der Waals surface area (Å²) in [4.78, 5) is 10.4. The molecular formula is C13H22N2O2. The van der Waals surface area contributed by atoms with Gasteiger partial charge in [-0.25, -0.2) is 0 Å². The predicted molar refractivity (Wildman–Crippen MR) is 67.1 cm³/mol. The van der Waals surface area contributed by atoms with Gasteiger partial charge in [0.25, 0.3) is 0 Å². The number of carbonyl (C=O) groups is 1. The van der Waals surface area contributed by atoms with Crippen molar-refractivity contribution in [3.05, 3.63) is 17.5 Å². The quantitative estimate of drug-likeness (QED) is 0.708. The van der Waals surface area contributed by atoms with Crippen LogP contribution in [0.25, 0.3) is 0 Å². The number of rotatable bonds is 8. The molecule has 0 radical (unpaired) electrons. The number of carboxylic acids is 1. The molecule has 0 aliphatic heterocycles. The van der Waals surface area contributed by atoms with Crippen LogP contribution in [0.4, 0.5) is 0 Å². The number of hydrogen-bond donors (Lipinski definition) is 1. The number of nitrogens with zero attached hydrogens (tertiary/aromatic N) is 2. The Labute approximate surface area is 103 Å². The molecule has 4 heteroatoms. The van der Waals surface area contributed by atoms with Gasteiger partial charge in [0, 0.05) is 18.7 Å². The maximum absolute atomic E-state index is 10.4. The fourth-order valence-corrected chi connectivity index (χ4v) is 1.88. The minimum Gasteiger partial charge on any atom is -0.481 e. The van der Waals surface area contributed by atoms with E-state index in [1.54, 1.807) is 0 Å². The Bertz CT molecular complexity index is 358. The zero-order valence-electron chi connectivity index (χ0n) is 10.8. The SMILES string of the molecule is CCc1cc(CC)n(CCCCCC(=O)O)n1. The number of unbranched alkanes of at least 4 members (excludes halogenated alkanes) is 2. The average molecular weight is 238 g/mol. The highest BCUT2D eigenvalue weighted by Gasteiger charge is 2.04. The van der Waals surface area contributed by atoms with Gasteiger partial charge in [0.1, 0.15) is 0 Å². The molecule has 0 aliphatic rings. The van der Waals surface area contributed by atoms with Crippen LogP contribution in [0.1, 0.15) is 50.9 Å². The first-order chi connectivity index (χ1) is 8.17. The van der Waals surface area contributed by atoms with Crippen LogP contribution in [0, 0.1) is 0 Å². The number of aliphatic carboxylic acids is 1. The third-order valence-corrected chi connectivity index (χ3v) is 2.90. The van der Waals surface area contributed by atoms with Gasteiger partial charge in [-0.3, -0.25) is 9.48 Å². The lowest BCUT2D eigenvalue weighted by Crippen LogP contribution is -2.05. The van der Waals surface area contributed by atoms with E-state index < -0.39 is 5.97 Å². The number of carboxylic acid groups (broad SMARTS) is 1. The van der Waals surface area contributed by atoms with Crippen LogP contribution >= 0.6 is 0 Å². The fraction of sp³-hybridized carbons (Fsp3) is 0.692. The first kappa shape index (κ1) is 13.7. The van der Waals surface area contributed by atoms with E-state index >= 15 is 0 Å². The molecule has 1 N–H and O–H groups in total. The number of aromatic nitrogens is 2. The summed E-state index contributed by atoms with van der Waals surface area (Å²) >= 11 is 0. The summed E-state index contributed by atoms with van der Waals surface area (Å²) in [5.74, 6) is -0.702. The minimum atomic E-state index is -0.702. The van der Waals surface area contributed by atoms with Gasteiger partial charge in [-0.1, -0.05) is 20.3 Å². The van der Waals surface area contributed by atoms with Crippen molar-refractivity contribution in [2.24, 2.45) is 0 Å². The zero-order chi connectivity index (χ0) is 12.7. The molecule has 0 saturated heterocycles. The monoisotopic (exact) mass is 238 g/mol. The summed E-state index contributed by atoms with van der Waals surface area (Å²) in [6, 6.07) is 2.16. The summed E-state index contributed by atoms with van der Waals surface area (Å²) in [5, 5.41) is 13.1. The molecule has 0 fully saturated rings. The van der Waals surface area contributed by atoms with Gasteiger partial charge >= 0.3 is 5.97 Å². The van der Waals surface area contributed by atoms with Gasteiger partial charge in [0.15, 0.2) is 0 Å². The van der Waals surface area contributed by atoms with Crippen molar-refractivity contribution < 1.29 is 9.90 Å². The maximum atomic E-state index is 10.4. The van der Waals surface area contributed by atoms with Gasteiger partial charge < -0.3 is 5.11 Å². The van der Waals surface area contributed by atoms with E-state index in [1.807, 2.05) is 0 Å². The Morgan fingerprint density at radius 3 is 2.65 bits per heavy atom. The van der Waals surface area contributed by atoms with E-state index in [0.29, 0.717) is 0 Å². The van der Waals surface area contributed by atoms with Crippen molar-refractivity contribution in [3.63, 3.8) is 0 Å². The molecule has 96 valence electrons. The van der Waals surface area contributed by atoms with Gasteiger partial charge in [-0.05, 0) is 31.7 Å². The smallest absolute Gasteiger partial charge is 0.303 e. The van der Waals surface area contributed by atoms with Crippen molar-refractivity contribution in [1.82, 2.24) is 9.78 Å². The molecule has 1 aromatic heterocycles. The first-order valence-corrected chi connectivity index (χ1v) is 6.44. The lowest BCUT2D eigenvalue weighted by atomic mass is 10.2. The maximum Gasteiger partial charge on any atom is 0.303 e. The molecule has 0 atom stereocenters. The molecule has 17 heavy (non-hydrogen) atoms. The van der Waals surface area contributed by atoms with Crippen molar-refractivity contribution in [3.8, 4) is 0 Å². The van der Waals surface area contributed by atoms with E-state index in [2.05, 4.69) is 29.7 Å². The van der Waals surface area contributed by atoms with E-state index in [0.717, 1.165) is 44.3 Å². The van der Waals surface area contributed by atoms with Crippen molar-refractivity contribution in [2.75, 3.05) is 0 Å². The van der Waals surface area contributed by atoms with Gasteiger partial charge in [-0.2, -0.15) is 5.10 Å². The molecule has 0 bridgehead atoms. The molecule has 4 nitrogen and oxygen atoms in total. The van der Waals surface area contributed by atoms with Crippen LogP contribution in [0.15, 0.2) is 6.07 Å². The first-order valence-electron chi connectivity index (χ1n) is 6.44. The normalized spacial score (nSPS) is 10.7. The molecule has 0 aromatic carbocycles. The molecule has 1 heterocycles. The summed E-state index contributed by atoms with van der Waals surface area (Å²) in [6.07, 6.45) is 4.97. The van der Waals surface area contributed by atoms with Crippen LogP contribution in [-0.4, -0.2) is 20.9 Å². The Morgan fingerprint density at radius 1 is 1.29 bits per heavy atom. The second-order valence-corrected chi connectivity index (χ2v) is 4.26. The zero-order valence-corrected chi connectivity index (χ0v) is 10.8. The summed E-state index contributed by atoms with van der Waals surface area (Å²) in [6.45, 7) is 5.15. The number of aryl methyl sites for hydroxylation is 3. The van der Waals surface area contributed by atoms with Crippen LogP contribution in [0.5, 0.6) is 0 Å². The van der Waals surface area contributed by atoms with Crippen LogP contribution in [-0.2, 0) is 24.2 Å². The average Bonchev–Trinajstić information content (AvgIpc) is 2.70. The minimum absolute atomic E-state index is 0.278. The van der Waals surface area contributed by atoms with E-state index in [1.165, 1.54) is 5.69 Å². The molecule has 0 spiro atoms. The molecule has 0 amide bonds. The highest BCUT2D eigenvalue weighted by Crippen LogP contribution is 2.09. The second kappa shape index (κ2) is 7.09. The van der Waals surface area contributed by atoms with Crippen LogP contribution < -0.4 is 0 Å². The Balaban J connectivity index is 2.35. The predicted octanol–water partition coefficient (Wildman–Crippen LogP) is 2.65. The summed E-state index contributed by atoms with van der Waals surface area (Å²) in [7, 11) is 0. The largest absolute Gasteiger partial charge is 0.481 e. The van der Waals surface area contributed by atoms with E-state index in [4.69, 9.17) is 5.11 Å². The van der Waals surface area contributed by atoms with Gasteiger partial charge in [0.2, 0.25) is 0 Å². The van der Waals surface area contributed by atoms with Crippen LogP contribution in [0.2, 0.25) is 0 Å². The lowest BCUT2D eigenvalue weighted by Gasteiger charge is -2.05. The van der Waals surface area contributed by atoms with Crippen LogP contribution in [0.3, 0.4) is 0 Å². The molecular weight excluding hydrogens is 216 g/mol. The molecule has 0 saturated carbocycles. The van der Waals surface area contributed by atoms with E-state index in [-0.39, 0.29) is 6.42 Å². The molecule has 0 unspecified atom stereocenters. The Morgan fingerprint density at radius 2 is 2.06 bits per heavy atom. The summed E-state index contributed by atoms with van der Waals surface area (Å²) in [5.41, 5.74) is 2.42.